The highest BCUT2D eigenvalue weighted by Crippen LogP contribution is 2.20. The summed E-state index contributed by atoms with van der Waals surface area (Å²) in [6.45, 7) is 3.51. The van der Waals surface area contributed by atoms with Crippen molar-refractivity contribution < 1.29 is 9.18 Å². The Kier molecular flexibility index (Phi) is 4.47. The van der Waals surface area contributed by atoms with Gasteiger partial charge in [0.15, 0.2) is 0 Å². The lowest BCUT2D eigenvalue weighted by molar-refractivity contribution is -0.119. The lowest BCUT2D eigenvalue weighted by Crippen LogP contribution is -2.26. The number of rotatable bonds is 3. The van der Waals surface area contributed by atoms with Gasteiger partial charge in [0.2, 0.25) is 5.91 Å². The molecular formula is C12H12ClFN2O. The van der Waals surface area contributed by atoms with E-state index in [0.717, 1.165) is 6.07 Å². The van der Waals surface area contributed by atoms with Crippen LogP contribution in [0.3, 0.4) is 0 Å². The number of nitriles is 1. The van der Waals surface area contributed by atoms with Crippen LogP contribution >= 0.6 is 11.6 Å². The van der Waals surface area contributed by atoms with Gasteiger partial charge in [0.1, 0.15) is 11.7 Å². The third kappa shape index (κ3) is 3.43. The van der Waals surface area contributed by atoms with Crippen molar-refractivity contribution in [2.45, 2.75) is 13.8 Å². The Morgan fingerprint density at radius 2 is 2.18 bits per heavy atom. The number of halogens is 2. The highest BCUT2D eigenvalue weighted by molar-refractivity contribution is 6.30. The van der Waals surface area contributed by atoms with Gasteiger partial charge in [-0.1, -0.05) is 25.4 Å². The molecule has 0 aliphatic heterocycles. The lowest BCUT2D eigenvalue weighted by atomic mass is 9.96. The summed E-state index contributed by atoms with van der Waals surface area (Å²) >= 11 is 5.59. The van der Waals surface area contributed by atoms with Gasteiger partial charge in [-0.05, 0) is 24.1 Å². The molecule has 0 heterocycles. The molecule has 3 nitrogen and oxygen atoms in total. The van der Waals surface area contributed by atoms with E-state index in [1.54, 1.807) is 13.8 Å². The number of nitrogens with zero attached hydrogens (tertiary/aromatic N) is 1. The zero-order valence-electron chi connectivity index (χ0n) is 9.50. The van der Waals surface area contributed by atoms with Crippen molar-refractivity contribution in [1.82, 2.24) is 0 Å². The van der Waals surface area contributed by atoms with Crippen LogP contribution in [0.4, 0.5) is 10.1 Å². The van der Waals surface area contributed by atoms with Gasteiger partial charge in [-0.2, -0.15) is 5.26 Å². The second-order valence-electron chi connectivity index (χ2n) is 3.96. The SMILES string of the molecule is CC(C)C(C#N)C(=O)Nc1ccc(Cl)cc1F. The highest BCUT2D eigenvalue weighted by Gasteiger charge is 2.22. The van der Waals surface area contributed by atoms with E-state index in [-0.39, 0.29) is 16.6 Å². The van der Waals surface area contributed by atoms with Gasteiger partial charge in [-0.3, -0.25) is 4.79 Å². The predicted molar refractivity (Wildman–Crippen MR) is 64.0 cm³/mol. The van der Waals surface area contributed by atoms with Crippen molar-refractivity contribution in [1.29, 1.82) is 5.26 Å². The van der Waals surface area contributed by atoms with E-state index >= 15 is 0 Å². The fourth-order valence-corrected chi connectivity index (χ4v) is 1.47. The van der Waals surface area contributed by atoms with E-state index in [1.807, 2.05) is 6.07 Å². The quantitative estimate of drug-likeness (QED) is 0.900. The summed E-state index contributed by atoms with van der Waals surface area (Å²) in [5.41, 5.74) is 0.0281. The molecular weight excluding hydrogens is 243 g/mol. The molecule has 0 fully saturated rings. The minimum atomic E-state index is -0.801. The van der Waals surface area contributed by atoms with Crippen molar-refractivity contribution in [2.75, 3.05) is 5.32 Å². The van der Waals surface area contributed by atoms with Gasteiger partial charge in [-0.25, -0.2) is 4.39 Å². The number of hydrogen-bond donors (Lipinski definition) is 1. The molecule has 1 N–H and O–H groups in total. The molecule has 1 unspecified atom stereocenters. The summed E-state index contributed by atoms with van der Waals surface area (Å²) in [5.74, 6) is -2.06. The fraction of sp³-hybridized carbons (Fsp3) is 0.333. The summed E-state index contributed by atoms with van der Waals surface area (Å²) in [7, 11) is 0. The predicted octanol–water partition coefficient (Wildman–Crippen LogP) is 3.21. The molecule has 0 aromatic heterocycles. The number of hydrogen-bond acceptors (Lipinski definition) is 2. The van der Waals surface area contributed by atoms with Gasteiger partial charge in [0.25, 0.3) is 0 Å². The van der Waals surface area contributed by atoms with Gasteiger partial charge < -0.3 is 5.32 Å². The van der Waals surface area contributed by atoms with Gasteiger partial charge >= 0.3 is 0 Å². The van der Waals surface area contributed by atoms with E-state index in [0.29, 0.717) is 0 Å². The Balaban J connectivity index is 2.85. The van der Waals surface area contributed by atoms with E-state index in [1.165, 1.54) is 12.1 Å². The van der Waals surface area contributed by atoms with E-state index in [4.69, 9.17) is 16.9 Å². The maximum Gasteiger partial charge on any atom is 0.242 e. The van der Waals surface area contributed by atoms with Crippen LogP contribution in [-0.2, 0) is 4.79 Å². The van der Waals surface area contributed by atoms with Crippen LogP contribution in [-0.4, -0.2) is 5.91 Å². The summed E-state index contributed by atoms with van der Waals surface area (Å²) in [4.78, 5) is 11.7. The molecule has 0 spiro atoms. The second kappa shape index (κ2) is 5.65. The normalized spacial score (nSPS) is 12.0. The molecule has 0 bridgehead atoms. The lowest BCUT2D eigenvalue weighted by Gasteiger charge is -2.13. The first-order valence-electron chi connectivity index (χ1n) is 5.11. The first-order valence-corrected chi connectivity index (χ1v) is 5.49. The largest absolute Gasteiger partial charge is 0.322 e. The number of benzene rings is 1. The van der Waals surface area contributed by atoms with Gasteiger partial charge in [0, 0.05) is 5.02 Å². The molecule has 1 aromatic rings. The minimum absolute atomic E-state index is 0.0281. The topological polar surface area (TPSA) is 52.9 Å². The summed E-state index contributed by atoms with van der Waals surface area (Å²) in [6.07, 6.45) is 0. The fourth-order valence-electron chi connectivity index (χ4n) is 1.31. The van der Waals surface area contributed by atoms with Gasteiger partial charge in [0.05, 0.1) is 11.8 Å². The molecule has 17 heavy (non-hydrogen) atoms. The molecule has 90 valence electrons. The Bertz CT molecular complexity index is 468. The standard InChI is InChI=1S/C12H12ClFN2O/c1-7(2)9(6-15)12(17)16-11-4-3-8(13)5-10(11)14/h3-5,7,9H,1-2H3,(H,16,17). The molecule has 0 saturated heterocycles. The van der Waals surface area contributed by atoms with E-state index in [2.05, 4.69) is 5.32 Å². The molecule has 1 rings (SSSR count). The number of carbonyl (C=O) groups excluding carboxylic acids is 1. The number of carbonyl (C=O) groups is 1. The molecule has 0 saturated carbocycles. The number of amides is 1. The molecule has 0 aliphatic rings. The van der Waals surface area contributed by atoms with Crippen LogP contribution < -0.4 is 5.32 Å². The summed E-state index contributed by atoms with van der Waals surface area (Å²) in [5, 5.41) is 11.5. The molecule has 1 aromatic carbocycles. The van der Waals surface area contributed by atoms with Crippen LogP contribution in [0.2, 0.25) is 5.02 Å². The summed E-state index contributed by atoms with van der Waals surface area (Å²) < 4.78 is 13.4. The third-order valence-electron chi connectivity index (χ3n) is 2.28. The number of nitrogens with one attached hydrogen (secondary N) is 1. The Morgan fingerprint density at radius 3 is 2.65 bits per heavy atom. The summed E-state index contributed by atoms with van der Waals surface area (Å²) in [6, 6.07) is 5.83. The van der Waals surface area contributed by atoms with Crippen molar-refractivity contribution >= 4 is 23.2 Å². The van der Waals surface area contributed by atoms with Crippen LogP contribution in [0.1, 0.15) is 13.8 Å². The van der Waals surface area contributed by atoms with Gasteiger partial charge in [-0.15, -0.1) is 0 Å². The second-order valence-corrected chi connectivity index (χ2v) is 4.40. The molecule has 5 heteroatoms. The van der Waals surface area contributed by atoms with Crippen molar-refractivity contribution in [2.24, 2.45) is 11.8 Å². The molecule has 0 aliphatic carbocycles. The van der Waals surface area contributed by atoms with Crippen molar-refractivity contribution in [3.63, 3.8) is 0 Å². The van der Waals surface area contributed by atoms with Crippen LogP contribution in [0.15, 0.2) is 18.2 Å². The van der Waals surface area contributed by atoms with Crippen LogP contribution in [0.5, 0.6) is 0 Å². The Hall–Kier alpha value is -1.60. The Labute approximate surface area is 104 Å². The number of anilines is 1. The molecule has 1 atom stereocenters. The molecule has 1 amide bonds. The highest BCUT2D eigenvalue weighted by atomic mass is 35.5. The maximum absolute atomic E-state index is 13.4. The van der Waals surface area contributed by atoms with E-state index in [9.17, 15) is 9.18 Å². The van der Waals surface area contributed by atoms with Crippen LogP contribution in [0.25, 0.3) is 0 Å². The van der Waals surface area contributed by atoms with E-state index < -0.39 is 17.6 Å². The maximum atomic E-state index is 13.4. The Morgan fingerprint density at radius 1 is 1.53 bits per heavy atom. The third-order valence-corrected chi connectivity index (χ3v) is 2.51. The minimum Gasteiger partial charge on any atom is -0.322 e. The van der Waals surface area contributed by atoms with Crippen LogP contribution in [0, 0.1) is 29.0 Å². The van der Waals surface area contributed by atoms with Crippen molar-refractivity contribution in [3.05, 3.63) is 29.0 Å². The zero-order valence-corrected chi connectivity index (χ0v) is 10.3. The molecule has 0 radical (unpaired) electrons. The first-order chi connectivity index (χ1) is 7.95. The zero-order chi connectivity index (χ0) is 13.0. The smallest absolute Gasteiger partial charge is 0.242 e. The van der Waals surface area contributed by atoms with Crippen molar-refractivity contribution in [3.8, 4) is 6.07 Å². The average molecular weight is 255 g/mol. The average Bonchev–Trinajstić information content (AvgIpc) is 2.22. The monoisotopic (exact) mass is 254 g/mol. The first kappa shape index (κ1) is 13.5.